The first kappa shape index (κ1) is 9.90. The van der Waals surface area contributed by atoms with E-state index in [-0.39, 0.29) is 5.91 Å². The number of nitrogens with one attached hydrogen (secondary N) is 1. The van der Waals surface area contributed by atoms with Crippen LogP contribution in [0.4, 0.5) is 0 Å². The molecule has 0 atom stereocenters. The molecule has 0 saturated carbocycles. The van der Waals surface area contributed by atoms with Crippen LogP contribution in [0.5, 0.6) is 0 Å². The predicted octanol–water partition coefficient (Wildman–Crippen LogP) is -0.0811. The molecule has 0 spiro atoms. The molecule has 11 heavy (non-hydrogen) atoms. The first-order valence-electron chi connectivity index (χ1n) is 3.29. The lowest BCUT2D eigenvalue weighted by atomic mass is 10.3. The smallest absolute Gasteiger partial charge is 0.332 e. The fraction of sp³-hybridized carbons (Fsp3) is 0.667. The van der Waals surface area contributed by atoms with Gasteiger partial charge in [-0.15, -0.1) is 0 Å². The lowest BCUT2D eigenvalue weighted by molar-refractivity contribution is -0.149. The maximum absolute atomic E-state index is 10.6. The monoisotopic (exact) mass is 161 g/mol. The van der Waals surface area contributed by atoms with Crippen LogP contribution < -0.4 is 5.48 Å². The van der Waals surface area contributed by atoms with Crippen LogP contribution in [0.3, 0.4) is 0 Å². The maximum Gasteiger partial charge on any atom is 0.332 e. The zero-order valence-corrected chi connectivity index (χ0v) is 6.29. The van der Waals surface area contributed by atoms with Gasteiger partial charge in [-0.1, -0.05) is 6.92 Å². The fourth-order valence-corrected chi connectivity index (χ4v) is 0.456. The molecular formula is C6H11NO4. The highest BCUT2D eigenvalue weighted by Crippen LogP contribution is 1.84. The third kappa shape index (κ3) is 6.79. The molecule has 0 aromatic carbocycles. The molecule has 0 radical (unpaired) electrons. The number of rotatable bonds is 5. The molecule has 0 aliphatic carbocycles. The van der Waals surface area contributed by atoms with E-state index in [0.717, 1.165) is 0 Å². The average molecular weight is 161 g/mol. The Morgan fingerprint density at radius 3 is 2.64 bits per heavy atom. The second-order valence-corrected chi connectivity index (χ2v) is 1.96. The Hall–Kier alpha value is -1.10. The number of amides is 1. The molecule has 2 N–H and O–H groups in total. The summed E-state index contributed by atoms with van der Waals surface area (Å²) in [5.41, 5.74) is 2.00. The number of hydrogen-bond donors (Lipinski definition) is 2. The third-order valence-corrected chi connectivity index (χ3v) is 0.859. The summed E-state index contributed by atoms with van der Waals surface area (Å²) in [7, 11) is 0. The summed E-state index contributed by atoms with van der Waals surface area (Å²) in [5, 5.41) is 8.08. The van der Waals surface area contributed by atoms with Gasteiger partial charge >= 0.3 is 5.97 Å². The summed E-state index contributed by atoms with van der Waals surface area (Å²) in [6.45, 7) is 1.34. The zero-order chi connectivity index (χ0) is 8.69. The molecule has 5 heteroatoms. The first-order chi connectivity index (χ1) is 5.16. The fourth-order valence-electron chi connectivity index (χ4n) is 0.456. The molecule has 0 saturated heterocycles. The molecule has 5 nitrogen and oxygen atoms in total. The van der Waals surface area contributed by atoms with Crippen LogP contribution in [0, 0.1) is 0 Å². The molecule has 0 aromatic heterocycles. The number of carboxylic acid groups (broad SMARTS) is 1. The second kappa shape index (κ2) is 5.67. The maximum atomic E-state index is 10.6. The van der Waals surface area contributed by atoms with Crippen molar-refractivity contribution < 1.29 is 19.5 Å². The van der Waals surface area contributed by atoms with E-state index in [4.69, 9.17) is 5.11 Å². The summed E-state index contributed by atoms with van der Waals surface area (Å²) < 4.78 is 0. The van der Waals surface area contributed by atoms with E-state index in [0.29, 0.717) is 12.8 Å². The minimum atomic E-state index is -1.11. The topological polar surface area (TPSA) is 75.6 Å². The van der Waals surface area contributed by atoms with Gasteiger partial charge in [0.15, 0.2) is 6.61 Å². The summed E-state index contributed by atoms with van der Waals surface area (Å²) >= 11 is 0. The SMILES string of the molecule is CCCC(=O)NOCC(=O)O. The number of aliphatic carboxylic acids is 1. The molecule has 0 bridgehead atoms. The molecule has 0 heterocycles. The van der Waals surface area contributed by atoms with Crippen molar-refractivity contribution in [3.63, 3.8) is 0 Å². The Morgan fingerprint density at radius 1 is 1.55 bits per heavy atom. The minimum Gasteiger partial charge on any atom is -0.479 e. The number of carbonyl (C=O) groups excluding carboxylic acids is 1. The van der Waals surface area contributed by atoms with Gasteiger partial charge in [0.25, 0.3) is 0 Å². The van der Waals surface area contributed by atoms with Crippen LogP contribution in [0.2, 0.25) is 0 Å². The summed E-state index contributed by atoms with van der Waals surface area (Å²) in [6, 6.07) is 0. The second-order valence-electron chi connectivity index (χ2n) is 1.96. The summed E-state index contributed by atoms with van der Waals surface area (Å²) in [5.74, 6) is -1.41. The Labute approximate surface area is 64.3 Å². The van der Waals surface area contributed by atoms with Crippen molar-refractivity contribution in [3.05, 3.63) is 0 Å². The van der Waals surface area contributed by atoms with Crippen LogP contribution in [-0.2, 0) is 14.4 Å². The normalized spacial score (nSPS) is 9.18. The molecule has 0 unspecified atom stereocenters. The van der Waals surface area contributed by atoms with Crippen LogP contribution in [0.25, 0.3) is 0 Å². The van der Waals surface area contributed by atoms with Crippen molar-refractivity contribution in [1.82, 2.24) is 5.48 Å². The summed E-state index contributed by atoms with van der Waals surface area (Å²) in [4.78, 5) is 24.8. The largest absolute Gasteiger partial charge is 0.479 e. The molecule has 0 aromatic rings. The Bertz CT molecular complexity index is 146. The molecule has 0 aliphatic rings. The van der Waals surface area contributed by atoms with Crippen molar-refractivity contribution in [2.24, 2.45) is 0 Å². The van der Waals surface area contributed by atoms with Gasteiger partial charge in [0.05, 0.1) is 0 Å². The zero-order valence-electron chi connectivity index (χ0n) is 6.29. The number of hydroxylamine groups is 1. The molecule has 1 amide bonds. The predicted molar refractivity (Wildman–Crippen MR) is 36.6 cm³/mol. The van der Waals surface area contributed by atoms with Gasteiger partial charge < -0.3 is 5.11 Å². The lowest BCUT2D eigenvalue weighted by Crippen LogP contribution is -2.26. The standard InChI is InChI=1S/C6H11NO4/c1-2-3-5(8)7-11-4-6(9)10/h2-4H2,1H3,(H,7,8)(H,9,10). The Morgan fingerprint density at radius 2 is 2.18 bits per heavy atom. The third-order valence-electron chi connectivity index (χ3n) is 0.859. The van der Waals surface area contributed by atoms with Gasteiger partial charge in [0, 0.05) is 6.42 Å². The van der Waals surface area contributed by atoms with E-state index < -0.39 is 12.6 Å². The van der Waals surface area contributed by atoms with Crippen molar-refractivity contribution in [3.8, 4) is 0 Å². The molecular weight excluding hydrogens is 150 g/mol. The van der Waals surface area contributed by atoms with Gasteiger partial charge in [0.2, 0.25) is 5.91 Å². The van der Waals surface area contributed by atoms with Crippen molar-refractivity contribution in [1.29, 1.82) is 0 Å². The van der Waals surface area contributed by atoms with Crippen LogP contribution >= 0.6 is 0 Å². The molecule has 0 aliphatic heterocycles. The van der Waals surface area contributed by atoms with Gasteiger partial charge in [-0.25, -0.2) is 10.3 Å². The highest BCUT2D eigenvalue weighted by Gasteiger charge is 2.00. The van der Waals surface area contributed by atoms with Gasteiger partial charge in [-0.05, 0) is 6.42 Å². The van der Waals surface area contributed by atoms with Crippen molar-refractivity contribution >= 4 is 11.9 Å². The first-order valence-corrected chi connectivity index (χ1v) is 3.29. The van der Waals surface area contributed by atoms with E-state index in [9.17, 15) is 9.59 Å². The number of carbonyl (C=O) groups is 2. The molecule has 0 fully saturated rings. The highest BCUT2D eigenvalue weighted by atomic mass is 16.7. The van der Waals surface area contributed by atoms with Crippen molar-refractivity contribution in [2.75, 3.05) is 6.61 Å². The summed E-state index contributed by atoms with van der Waals surface area (Å²) in [6.07, 6.45) is 1.06. The van der Waals surface area contributed by atoms with Crippen molar-refractivity contribution in [2.45, 2.75) is 19.8 Å². The van der Waals surface area contributed by atoms with Gasteiger partial charge in [-0.2, -0.15) is 0 Å². The Balaban J connectivity index is 3.24. The minimum absolute atomic E-state index is 0.297. The molecule has 64 valence electrons. The highest BCUT2D eigenvalue weighted by molar-refractivity contribution is 5.75. The quantitative estimate of drug-likeness (QED) is 0.553. The van der Waals surface area contributed by atoms with Gasteiger partial charge in [-0.3, -0.25) is 9.63 Å². The van der Waals surface area contributed by atoms with E-state index in [1.165, 1.54) is 0 Å². The average Bonchev–Trinajstić information content (AvgIpc) is 1.87. The van der Waals surface area contributed by atoms with E-state index in [1.807, 2.05) is 12.4 Å². The number of carboxylic acids is 1. The van der Waals surface area contributed by atoms with Crippen LogP contribution in [-0.4, -0.2) is 23.6 Å². The van der Waals surface area contributed by atoms with E-state index in [1.54, 1.807) is 0 Å². The lowest BCUT2D eigenvalue weighted by Gasteiger charge is -2.00. The van der Waals surface area contributed by atoms with E-state index >= 15 is 0 Å². The number of hydrogen-bond acceptors (Lipinski definition) is 3. The molecule has 0 rings (SSSR count). The van der Waals surface area contributed by atoms with Crippen LogP contribution in [0.1, 0.15) is 19.8 Å². The van der Waals surface area contributed by atoms with E-state index in [2.05, 4.69) is 4.84 Å². The van der Waals surface area contributed by atoms with Gasteiger partial charge in [0.1, 0.15) is 0 Å². The van der Waals surface area contributed by atoms with Crippen LogP contribution in [0.15, 0.2) is 0 Å². The Kier molecular flexibility index (Phi) is 5.10.